The molecule has 0 N–H and O–H groups in total. The largest absolute Gasteiger partial charge is 0.246 e. The van der Waals surface area contributed by atoms with Gasteiger partial charge in [-0.3, -0.25) is 0 Å². The van der Waals surface area contributed by atoms with Gasteiger partial charge in [0.1, 0.15) is 10.7 Å². The lowest BCUT2D eigenvalue weighted by molar-refractivity contribution is 0.641. The summed E-state index contributed by atoms with van der Waals surface area (Å²) in [6.07, 6.45) is 1.94. The highest BCUT2D eigenvalue weighted by molar-refractivity contribution is 7.13. The van der Waals surface area contributed by atoms with Gasteiger partial charge in [0.15, 0.2) is 0 Å². The summed E-state index contributed by atoms with van der Waals surface area (Å²) in [5.74, 6) is 0. The summed E-state index contributed by atoms with van der Waals surface area (Å²) in [6.45, 7) is 0.601. The first-order valence-corrected chi connectivity index (χ1v) is 8.69. The third kappa shape index (κ3) is 3.22. The molecule has 118 valence electrons. The molecule has 0 aliphatic heterocycles. The van der Waals surface area contributed by atoms with E-state index >= 15 is 0 Å². The van der Waals surface area contributed by atoms with Gasteiger partial charge < -0.3 is 0 Å². The number of benzene rings is 2. The van der Waals surface area contributed by atoms with E-state index in [9.17, 15) is 0 Å². The Morgan fingerprint density at radius 1 is 0.958 bits per heavy atom. The third-order valence-electron chi connectivity index (χ3n) is 3.58. The molecule has 2 aromatic heterocycles. The van der Waals surface area contributed by atoms with Crippen molar-refractivity contribution in [1.29, 1.82) is 0 Å². The molecular weight excluding hydrogens is 340 g/mol. The lowest BCUT2D eigenvalue weighted by atomic mass is 10.2. The first-order valence-electron chi connectivity index (χ1n) is 7.44. The Morgan fingerprint density at radius 2 is 1.75 bits per heavy atom. The fourth-order valence-electron chi connectivity index (χ4n) is 2.39. The van der Waals surface area contributed by atoms with Crippen LogP contribution in [0, 0.1) is 0 Å². The fraction of sp³-hybridized carbons (Fsp3) is 0.0556. The number of aromatic nitrogens is 4. The third-order valence-corrected chi connectivity index (χ3v) is 4.77. The van der Waals surface area contributed by atoms with Crippen LogP contribution >= 0.6 is 22.9 Å². The highest BCUT2D eigenvalue weighted by Crippen LogP contribution is 2.25. The number of hydrogen-bond acceptors (Lipinski definition) is 4. The van der Waals surface area contributed by atoms with Gasteiger partial charge in [-0.1, -0.05) is 59.3 Å². The molecule has 0 bridgehead atoms. The van der Waals surface area contributed by atoms with Gasteiger partial charge >= 0.3 is 0 Å². The van der Waals surface area contributed by atoms with Gasteiger partial charge in [-0.15, -0.1) is 16.4 Å². The second-order valence-corrected chi connectivity index (χ2v) is 6.61. The summed E-state index contributed by atoms with van der Waals surface area (Å²) in [5, 5.41) is 12.2. The molecule has 24 heavy (non-hydrogen) atoms. The fourth-order valence-corrected chi connectivity index (χ4v) is 3.33. The molecule has 0 amide bonds. The second-order valence-electron chi connectivity index (χ2n) is 5.32. The molecule has 2 aromatic carbocycles. The van der Waals surface area contributed by atoms with E-state index < -0.39 is 0 Å². The second kappa shape index (κ2) is 6.55. The van der Waals surface area contributed by atoms with Crippen LogP contribution < -0.4 is 0 Å². The van der Waals surface area contributed by atoms with Crippen LogP contribution in [0.4, 0.5) is 0 Å². The Balaban J connectivity index is 1.52. The van der Waals surface area contributed by atoms with Gasteiger partial charge in [0.2, 0.25) is 0 Å². The number of nitrogens with zero attached hydrogens (tertiary/aromatic N) is 4. The van der Waals surface area contributed by atoms with Crippen LogP contribution in [-0.2, 0) is 6.54 Å². The highest BCUT2D eigenvalue weighted by Gasteiger charge is 2.08. The Kier molecular flexibility index (Phi) is 4.11. The van der Waals surface area contributed by atoms with Gasteiger partial charge in [-0.25, -0.2) is 9.67 Å². The molecule has 4 rings (SSSR count). The van der Waals surface area contributed by atoms with Gasteiger partial charge in [0.25, 0.3) is 0 Å². The van der Waals surface area contributed by atoms with E-state index in [0.717, 1.165) is 32.5 Å². The summed E-state index contributed by atoms with van der Waals surface area (Å²) in [5.41, 5.74) is 3.96. The summed E-state index contributed by atoms with van der Waals surface area (Å²) in [6, 6.07) is 17.7. The Bertz CT molecular complexity index is 945. The number of hydrogen-bond donors (Lipinski definition) is 0. The van der Waals surface area contributed by atoms with Crippen molar-refractivity contribution in [3.63, 3.8) is 0 Å². The summed E-state index contributed by atoms with van der Waals surface area (Å²) >= 11 is 7.54. The summed E-state index contributed by atoms with van der Waals surface area (Å²) < 4.78 is 1.81. The average molecular weight is 353 g/mol. The van der Waals surface area contributed by atoms with Crippen molar-refractivity contribution in [2.45, 2.75) is 6.54 Å². The predicted octanol–water partition coefficient (Wildman–Crippen LogP) is 4.77. The van der Waals surface area contributed by atoms with Crippen molar-refractivity contribution in [3.05, 3.63) is 76.9 Å². The number of halogens is 1. The zero-order valence-corrected chi connectivity index (χ0v) is 14.2. The standard InChI is InChI=1S/C18H13ClN4S/c19-15-8-6-14(7-9-15)18-20-16(12-24-18)10-23-11-17(21-22-23)13-4-2-1-3-5-13/h1-9,11-12H,10H2. The van der Waals surface area contributed by atoms with E-state index in [4.69, 9.17) is 11.6 Å². The van der Waals surface area contributed by atoms with Crippen molar-refractivity contribution in [1.82, 2.24) is 20.0 Å². The highest BCUT2D eigenvalue weighted by atomic mass is 35.5. The van der Waals surface area contributed by atoms with E-state index in [-0.39, 0.29) is 0 Å². The molecule has 0 spiro atoms. The van der Waals surface area contributed by atoms with Crippen molar-refractivity contribution >= 4 is 22.9 Å². The van der Waals surface area contributed by atoms with Gasteiger partial charge in [-0.2, -0.15) is 0 Å². The SMILES string of the molecule is Clc1ccc(-c2nc(Cn3cc(-c4ccccc4)nn3)cs2)cc1. The molecule has 2 heterocycles. The van der Waals surface area contributed by atoms with E-state index in [1.54, 1.807) is 11.3 Å². The molecule has 4 aromatic rings. The molecule has 0 atom stereocenters. The van der Waals surface area contributed by atoms with Crippen LogP contribution in [0.15, 0.2) is 66.2 Å². The molecule has 0 aliphatic carbocycles. The molecule has 0 saturated carbocycles. The Labute approximate surface area is 148 Å². The van der Waals surface area contributed by atoms with Crippen molar-refractivity contribution in [3.8, 4) is 21.8 Å². The zero-order chi connectivity index (χ0) is 16.4. The quantitative estimate of drug-likeness (QED) is 0.531. The topological polar surface area (TPSA) is 43.6 Å². The van der Waals surface area contributed by atoms with Crippen LogP contribution in [0.25, 0.3) is 21.8 Å². The number of rotatable bonds is 4. The van der Waals surface area contributed by atoms with Crippen molar-refractivity contribution in [2.24, 2.45) is 0 Å². The molecule has 0 radical (unpaired) electrons. The summed E-state index contributed by atoms with van der Waals surface area (Å²) in [4.78, 5) is 4.67. The monoisotopic (exact) mass is 352 g/mol. The van der Waals surface area contributed by atoms with Crippen molar-refractivity contribution < 1.29 is 0 Å². The van der Waals surface area contributed by atoms with Crippen LogP contribution in [0.2, 0.25) is 5.02 Å². The smallest absolute Gasteiger partial charge is 0.123 e. The van der Waals surface area contributed by atoms with Crippen LogP contribution in [0.1, 0.15) is 5.69 Å². The maximum atomic E-state index is 5.93. The first kappa shape index (κ1) is 15.1. The molecule has 6 heteroatoms. The van der Waals surface area contributed by atoms with Crippen LogP contribution in [-0.4, -0.2) is 20.0 Å². The minimum absolute atomic E-state index is 0.601. The molecular formula is C18H13ClN4S. The zero-order valence-electron chi connectivity index (χ0n) is 12.6. The molecule has 0 unspecified atom stereocenters. The molecule has 0 fully saturated rings. The normalized spacial score (nSPS) is 10.9. The predicted molar refractivity (Wildman–Crippen MR) is 97.1 cm³/mol. The summed E-state index contributed by atoms with van der Waals surface area (Å²) in [7, 11) is 0. The molecule has 0 aliphatic rings. The van der Waals surface area contributed by atoms with Gasteiger partial charge in [-0.05, 0) is 12.1 Å². The maximum Gasteiger partial charge on any atom is 0.123 e. The minimum atomic E-state index is 0.601. The molecule has 4 nitrogen and oxygen atoms in total. The Hall–Kier alpha value is -2.50. The van der Waals surface area contributed by atoms with E-state index in [1.165, 1.54) is 0 Å². The van der Waals surface area contributed by atoms with Gasteiger partial charge in [0.05, 0.1) is 18.4 Å². The average Bonchev–Trinajstić information content (AvgIpc) is 3.27. The molecule has 0 saturated heterocycles. The van der Waals surface area contributed by atoms with Gasteiger partial charge in [0, 0.05) is 21.5 Å². The van der Waals surface area contributed by atoms with E-state index in [2.05, 4.69) is 15.3 Å². The first-order chi connectivity index (χ1) is 11.8. The minimum Gasteiger partial charge on any atom is -0.246 e. The van der Waals surface area contributed by atoms with E-state index in [1.807, 2.05) is 70.9 Å². The van der Waals surface area contributed by atoms with Crippen LogP contribution in [0.3, 0.4) is 0 Å². The lowest BCUT2D eigenvalue weighted by Gasteiger charge is -1.97. The number of thiazole rings is 1. The maximum absolute atomic E-state index is 5.93. The lowest BCUT2D eigenvalue weighted by Crippen LogP contribution is -2.00. The van der Waals surface area contributed by atoms with E-state index in [0.29, 0.717) is 6.54 Å². The Morgan fingerprint density at radius 3 is 2.54 bits per heavy atom. The van der Waals surface area contributed by atoms with Crippen molar-refractivity contribution in [2.75, 3.05) is 0 Å². The van der Waals surface area contributed by atoms with Crippen LogP contribution in [0.5, 0.6) is 0 Å².